The van der Waals surface area contributed by atoms with Crippen LogP contribution in [0, 0.1) is 0 Å². The topological polar surface area (TPSA) is 85.1 Å². The summed E-state index contributed by atoms with van der Waals surface area (Å²) >= 11 is 1.27. The molecule has 1 N–H and O–H groups in total. The first-order chi connectivity index (χ1) is 14.3. The number of alkyl halides is 3. The smallest absolute Gasteiger partial charge is 0.346 e. The number of halogens is 3. The maximum atomic E-state index is 12.7. The van der Waals surface area contributed by atoms with Gasteiger partial charge in [-0.3, -0.25) is 9.20 Å². The van der Waals surface area contributed by atoms with E-state index in [0.29, 0.717) is 27.9 Å². The number of carbonyl (C=O) groups excluding carboxylic acids is 1. The minimum Gasteiger partial charge on any atom is -0.346 e. The summed E-state index contributed by atoms with van der Waals surface area (Å²) in [5.41, 5.74) is 0.385. The van der Waals surface area contributed by atoms with Crippen LogP contribution in [-0.2, 0) is 17.4 Å². The molecular weight excluding hydrogens is 417 g/mol. The predicted molar refractivity (Wildman–Crippen MR) is 104 cm³/mol. The summed E-state index contributed by atoms with van der Waals surface area (Å²) in [5, 5.41) is 13.1. The summed E-state index contributed by atoms with van der Waals surface area (Å²) < 4.78 is 39.8. The van der Waals surface area contributed by atoms with Crippen molar-refractivity contribution < 1.29 is 18.0 Å². The van der Waals surface area contributed by atoms with E-state index in [1.165, 1.54) is 23.5 Å². The third-order valence-electron chi connectivity index (χ3n) is 4.33. The first kappa shape index (κ1) is 20.0. The normalized spacial score (nSPS) is 12.8. The molecule has 0 radical (unpaired) electrons. The number of hydrogen-bond acceptors (Lipinski definition) is 6. The number of aromatic nitrogens is 5. The highest BCUT2D eigenvalue weighted by atomic mass is 32.1. The Hall–Kier alpha value is -3.34. The van der Waals surface area contributed by atoms with Gasteiger partial charge in [0, 0.05) is 23.3 Å². The fourth-order valence-electron chi connectivity index (χ4n) is 2.90. The van der Waals surface area contributed by atoms with E-state index in [0.717, 1.165) is 12.1 Å². The van der Waals surface area contributed by atoms with Gasteiger partial charge in [0.2, 0.25) is 5.91 Å². The van der Waals surface area contributed by atoms with Crippen molar-refractivity contribution in [2.24, 2.45) is 0 Å². The van der Waals surface area contributed by atoms with E-state index in [1.54, 1.807) is 35.2 Å². The van der Waals surface area contributed by atoms with Crippen LogP contribution in [0.2, 0.25) is 0 Å². The highest BCUT2D eigenvalue weighted by molar-refractivity contribution is 7.13. The third-order valence-corrected chi connectivity index (χ3v) is 5.27. The fraction of sp³-hybridized carbons (Fsp3) is 0.211. The van der Waals surface area contributed by atoms with Crippen LogP contribution in [0.5, 0.6) is 0 Å². The molecule has 1 aromatic carbocycles. The lowest BCUT2D eigenvalue weighted by Crippen LogP contribution is -2.29. The molecule has 1 amide bonds. The Bertz CT molecular complexity index is 1180. The van der Waals surface area contributed by atoms with E-state index in [9.17, 15) is 18.0 Å². The van der Waals surface area contributed by atoms with E-state index in [4.69, 9.17) is 0 Å². The van der Waals surface area contributed by atoms with Crippen LogP contribution < -0.4 is 5.32 Å². The Morgan fingerprint density at radius 2 is 2.00 bits per heavy atom. The molecule has 3 aromatic heterocycles. The molecule has 1 atom stereocenters. The maximum absolute atomic E-state index is 12.7. The highest BCUT2D eigenvalue weighted by Crippen LogP contribution is 2.31. The van der Waals surface area contributed by atoms with Gasteiger partial charge in [0.15, 0.2) is 5.82 Å². The number of fused-ring (bicyclic) bond motifs is 1. The first-order valence-corrected chi connectivity index (χ1v) is 9.76. The lowest BCUT2D eigenvalue weighted by Gasteiger charge is -2.11. The van der Waals surface area contributed by atoms with Gasteiger partial charge in [-0.15, -0.1) is 21.5 Å². The monoisotopic (exact) mass is 432 g/mol. The molecule has 0 bridgehead atoms. The molecule has 0 saturated carbocycles. The summed E-state index contributed by atoms with van der Waals surface area (Å²) in [6.45, 7) is 1.79. The molecule has 0 spiro atoms. The van der Waals surface area contributed by atoms with Gasteiger partial charge in [-0.2, -0.15) is 13.2 Å². The molecule has 4 rings (SSSR count). The van der Waals surface area contributed by atoms with E-state index in [-0.39, 0.29) is 12.3 Å². The van der Waals surface area contributed by atoms with Gasteiger partial charge < -0.3 is 5.32 Å². The highest BCUT2D eigenvalue weighted by Gasteiger charge is 2.30. The van der Waals surface area contributed by atoms with Gasteiger partial charge in [-0.25, -0.2) is 9.97 Å². The van der Waals surface area contributed by atoms with Crippen molar-refractivity contribution in [3.8, 4) is 10.6 Å². The van der Waals surface area contributed by atoms with Crippen LogP contribution in [0.3, 0.4) is 0 Å². The van der Waals surface area contributed by atoms with E-state index in [2.05, 4.69) is 25.5 Å². The maximum Gasteiger partial charge on any atom is 0.416 e. The molecule has 3 heterocycles. The Morgan fingerprint density at radius 3 is 2.73 bits per heavy atom. The van der Waals surface area contributed by atoms with Crippen LogP contribution in [0.1, 0.15) is 30.0 Å². The quantitative estimate of drug-likeness (QED) is 0.520. The number of rotatable bonds is 5. The molecule has 0 fully saturated rings. The largest absolute Gasteiger partial charge is 0.416 e. The van der Waals surface area contributed by atoms with Crippen molar-refractivity contribution in [1.29, 1.82) is 0 Å². The first-order valence-electron chi connectivity index (χ1n) is 8.88. The van der Waals surface area contributed by atoms with E-state index in [1.807, 2.05) is 0 Å². The molecule has 30 heavy (non-hydrogen) atoms. The van der Waals surface area contributed by atoms with Crippen molar-refractivity contribution in [2.75, 3.05) is 0 Å². The van der Waals surface area contributed by atoms with Gasteiger partial charge >= 0.3 is 6.18 Å². The summed E-state index contributed by atoms with van der Waals surface area (Å²) in [7, 11) is 0. The van der Waals surface area contributed by atoms with Gasteiger partial charge in [-0.1, -0.05) is 12.1 Å². The second-order valence-corrected chi connectivity index (χ2v) is 7.39. The second kappa shape index (κ2) is 7.82. The molecular formula is C19H15F3N6OS. The van der Waals surface area contributed by atoms with Gasteiger partial charge in [0.1, 0.15) is 5.01 Å². The molecule has 154 valence electrons. The van der Waals surface area contributed by atoms with Crippen molar-refractivity contribution in [1.82, 2.24) is 29.9 Å². The lowest BCUT2D eigenvalue weighted by atomic mass is 10.1. The van der Waals surface area contributed by atoms with Crippen LogP contribution in [-0.4, -0.2) is 30.5 Å². The van der Waals surface area contributed by atoms with Crippen LogP contribution in [0.4, 0.5) is 13.2 Å². The Labute approximate surface area is 172 Å². The van der Waals surface area contributed by atoms with Crippen molar-refractivity contribution >= 4 is 23.0 Å². The Kier molecular flexibility index (Phi) is 5.20. The zero-order chi connectivity index (χ0) is 21.3. The molecule has 7 nitrogen and oxygen atoms in total. The predicted octanol–water partition coefficient (Wildman–Crippen LogP) is 3.69. The van der Waals surface area contributed by atoms with Crippen molar-refractivity contribution in [2.45, 2.75) is 25.6 Å². The molecule has 0 aliphatic carbocycles. The van der Waals surface area contributed by atoms with Crippen molar-refractivity contribution in [3.05, 3.63) is 65.2 Å². The molecule has 0 aliphatic rings. The number of benzene rings is 1. The van der Waals surface area contributed by atoms with Crippen molar-refractivity contribution in [3.63, 3.8) is 0 Å². The molecule has 4 aromatic rings. The minimum atomic E-state index is -4.38. The van der Waals surface area contributed by atoms with Crippen LogP contribution in [0.15, 0.2) is 48.1 Å². The summed E-state index contributed by atoms with van der Waals surface area (Å²) in [5.74, 6) is 0.733. The number of hydrogen-bond donors (Lipinski definition) is 1. The van der Waals surface area contributed by atoms with Crippen LogP contribution in [0.25, 0.3) is 16.3 Å². The molecule has 1 unspecified atom stereocenters. The number of carbonyl (C=O) groups is 1. The molecule has 11 heteroatoms. The summed E-state index contributed by atoms with van der Waals surface area (Å²) in [6.07, 6.45) is -0.978. The zero-order valence-electron chi connectivity index (χ0n) is 15.6. The number of amides is 1. The minimum absolute atomic E-state index is 0.0382. The lowest BCUT2D eigenvalue weighted by molar-refractivity contribution is -0.137. The average Bonchev–Trinajstić information content (AvgIpc) is 3.34. The van der Waals surface area contributed by atoms with E-state index < -0.39 is 17.8 Å². The number of nitrogens with one attached hydrogen (secondary N) is 1. The second-order valence-electron chi connectivity index (χ2n) is 6.53. The molecule has 0 aliphatic heterocycles. The fourth-order valence-corrected chi connectivity index (χ4v) is 3.73. The summed E-state index contributed by atoms with van der Waals surface area (Å²) in [6, 6.07) is 6.12. The van der Waals surface area contributed by atoms with Gasteiger partial charge in [-0.05, 0) is 25.1 Å². The third kappa shape index (κ3) is 4.15. The average molecular weight is 432 g/mol. The molecule has 0 saturated heterocycles. The van der Waals surface area contributed by atoms with Gasteiger partial charge in [0.05, 0.1) is 23.7 Å². The number of thiazole rings is 1. The zero-order valence-corrected chi connectivity index (χ0v) is 16.4. The van der Waals surface area contributed by atoms with Gasteiger partial charge in [0.25, 0.3) is 5.78 Å². The Balaban J connectivity index is 1.41. The van der Waals surface area contributed by atoms with E-state index >= 15 is 0 Å². The SMILES string of the molecule is CC(NC(=O)Cc1csc(-c2ccc(C(F)(F)F)cc2)n1)c1nnc2ncccn12. The standard InChI is InChI=1S/C19H15F3N6OS/c1-11(16-26-27-18-23-7-2-8-28(16)18)24-15(29)9-14-10-30-17(25-14)12-3-5-13(6-4-12)19(20,21)22/h2-8,10-11H,9H2,1H3,(H,24,29). The number of nitrogens with zero attached hydrogens (tertiary/aromatic N) is 5. The van der Waals surface area contributed by atoms with Crippen LogP contribution >= 0.6 is 11.3 Å². The Morgan fingerprint density at radius 1 is 1.23 bits per heavy atom. The summed E-state index contributed by atoms with van der Waals surface area (Å²) in [4.78, 5) is 20.9.